The standard InChI is InChI=1S/C26H21F6NO5S/c1-15(24(34)35)10-20-14-33(39(36,37)21-7-3-6-19(13-21)26(30,31)32)22-12-17(8-9-23(22)38-20)16-4-2-5-18(11-16)25(27,28)29/h2-9,11-13,15,20H,10,14H2,1H3,(H,34,35)/t15?,20-/m0/s1. The largest absolute Gasteiger partial charge is 0.486 e. The molecule has 0 aliphatic carbocycles. The van der Waals surface area contributed by atoms with Crippen LogP contribution in [0.4, 0.5) is 32.0 Å². The van der Waals surface area contributed by atoms with Gasteiger partial charge in [-0.15, -0.1) is 0 Å². The molecule has 0 fully saturated rings. The zero-order valence-corrected chi connectivity index (χ0v) is 20.9. The number of carboxylic acids is 1. The van der Waals surface area contributed by atoms with Crippen molar-refractivity contribution in [3.05, 3.63) is 77.9 Å². The third-order valence-electron chi connectivity index (χ3n) is 6.20. The fourth-order valence-electron chi connectivity index (χ4n) is 4.17. The maximum Gasteiger partial charge on any atom is 0.416 e. The van der Waals surface area contributed by atoms with E-state index < -0.39 is 62.9 Å². The molecule has 0 saturated carbocycles. The molecule has 1 N–H and O–H groups in total. The van der Waals surface area contributed by atoms with Crippen LogP contribution >= 0.6 is 0 Å². The predicted molar refractivity (Wildman–Crippen MR) is 129 cm³/mol. The maximum absolute atomic E-state index is 13.7. The van der Waals surface area contributed by atoms with Crippen LogP contribution in [-0.2, 0) is 27.2 Å². The summed E-state index contributed by atoms with van der Waals surface area (Å²) >= 11 is 0. The summed E-state index contributed by atoms with van der Waals surface area (Å²) in [6.07, 6.45) is -10.5. The molecule has 0 aromatic heterocycles. The van der Waals surface area contributed by atoms with Crippen LogP contribution < -0.4 is 9.04 Å². The number of rotatable bonds is 6. The van der Waals surface area contributed by atoms with E-state index in [1.54, 1.807) is 0 Å². The molecule has 3 aromatic rings. The van der Waals surface area contributed by atoms with E-state index in [0.29, 0.717) is 6.07 Å². The van der Waals surface area contributed by atoms with Crippen LogP contribution in [0.15, 0.2) is 71.6 Å². The lowest BCUT2D eigenvalue weighted by atomic mass is 10.00. The van der Waals surface area contributed by atoms with Gasteiger partial charge in [0.1, 0.15) is 11.9 Å². The monoisotopic (exact) mass is 573 g/mol. The van der Waals surface area contributed by atoms with Gasteiger partial charge in [0.2, 0.25) is 0 Å². The highest BCUT2D eigenvalue weighted by atomic mass is 32.2. The molecule has 39 heavy (non-hydrogen) atoms. The van der Waals surface area contributed by atoms with E-state index in [-0.39, 0.29) is 29.0 Å². The Morgan fingerprint density at radius 3 is 2.15 bits per heavy atom. The summed E-state index contributed by atoms with van der Waals surface area (Å²) in [5.41, 5.74) is -1.91. The lowest BCUT2D eigenvalue weighted by Crippen LogP contribution is -2.44. The summed E-state index contributed by atoms with van der Waals surface area (Å²) in [5, 5.41) is 9.29. The van der Waals surface area contributed by atoms with E-state index in [2.05, 4.69) is 0 Å². The Morgan fingerprint density at radius 2 is 1.54 bits per heavy atom. The van der Waals surface area contributed by atoms with Crippen molar-refractivity contribution in [2.45, 2.75) is 36.7 Å². The molecule has 1 unspecified atom stereocenters. The van der Waals surface area contributed by atoms with Crippen molar-refractivity contribution in [1.29, 1.82) is 0 Å². The van der Waals surface area contributed by atoms with E-state index in [9.17, 15) is 44.7 Å². The van der Waals surface area contributed by atoms with Gasteiger partial charge in [0, 0.05) is 0 Å². The quantitative estimate of drug-likeness (QED) is 0.343. The second-order valence-electron chi connectivity index (χ2n) is 9.04. The van der Waals surface area contributed by atoms with Gasteiger partial charge in [0.15, 0.2) is 0 Å². The normalized spacial score (nSPS) is 16.8. The highest BCUT2D eigenvalue weighted by molar-refractivity contribution is 7.92. The summed E-state index contributed by atoms with van der Waals surface area (Å²) in [7, 11) is -4.65. The second kappa shape index (κ2) is 10.1. The van der Waals surface area contributed by atoms with Crippen molar-refractivity contribution in [1.82, 2.24) is 0 Å². The smallest absolute Gasteiger partial charge is 0.416 e. The van der Waals surface area contributed by atoms with E-state index in [1.807, 2.05) is 0 Å². The lowest BCUT2D eigenvalue weighted by Gasteiger charge is -2.36. The first kappa shape index (κ1) is 28.3. The van der Waals surface area contributed by atoms with Crippen LogP contribution in [0.5, 0.6) is 5.75 Å². The fraction of sp³-hybridized carbons (Fsp3) is 0.269. The van der Waals surface area contributed by atoms with Crippen LogP contribution in [0.2, 0.25) is 0 Å². The maximum atomic E-state index is 13.7. The summed E-state index contributed by atoms with van der Waals surface area (Å²) < 4.78 is 114. The molecule has 3 aromatic carbocycles. The van der Waals surface area contributed by atoms with Crippen molar-refractivity contribution in [3.63, 3.8) is 0 Å². The topological polar surface area (TPSA) is 83.9 Å². The SMILES string of the molecule is CC(C[C@H]1CN(S(=O)(=O)c2cccc(C(F)(F)F)c2)c2cc(-c3cccc(C(F)(F)F)c3)ccc2O1)C(=O)O. The highest BCUT2D eigenvalue weighted by Crippen LogP contribution is 2.42. The molecular formula is C26H21F6NO5S. The Kier molecular flexibility index (Phi) is 7.32. The van der Waals surface area contributed by atoms with Crippen LogP contribution in [-0.4, -0.2) is 32.1 Å². The molecule has 0 radical (unpaired) electrons. The van der Waals surface area contributed by atoms with Crippen molar-refractivity contribution in [2.75, 3.05) is 10.8 Å². The van der Waals surface area contributed by atoms with Gasteiger partial charge < -0.3 is 9.84 Å². The number of halogens is 6. The number of ether oxygens (including phenoxy) is 1. The van der Waals surface area contributed by atoms with Crippen molar-refractivity contribution in [3.8, 4) is 16.9 Å². The molecular weight excluding hydrogens is 552 g/mol. The molecule has 1 aliphatic heterocycles. The third kappa shape index (κ3) is 5.97. The molecule has 0 bridgehead atoms. The number of anilines is 1. The Labute approximate surface area is 219 Å². The number of carbonyl (C=O) groups is 1. The number of carboxylic acid groups (broad SMARTS) is 1. The first-order valence-corrected chi connectivity index (χ1v) is 12.9. The fourth-order valence-corrected chi connectivity index (χ4v) is 5.72. The molecule has 208 valence electrons. The van der Waals surface area contributed by atoms with Crippen LogP contribution in [0.25, 0.3) is 11.1 Å². The minimum Gasteiger partial charge on any atom is -0.486 e. The van der Waals surface area contributed by atoms with E-state index in [1.165, 1.54) is 37.3 Å². The number of alkyl halides is 6. The van der Waals surface area contributed by atoms with E-state index in [4.69, 9.17) is 4.74 Å². The average Bonchev–Trinajstić information content (AvgIpc) is 2.87. The van der Waals surface area contributed by atoms with Gasteiger partial charge >= 0.3 is 18.3 Å². The van der Waals surface area contributed by atoms with Gasteiger partial charge in [0.05, 0.1) is 34.2 Å². The Hall–Kier alpha value is -3.74. The summed E-state index contributed by atoms with van der Waals surface area (Å²) in [6, 6.07) is 11.5. The van der Waals surface area contributed by atoms with Crippen molar-refractivity contribution >= 4 is 21.7 Å². The molecule has 2 atom stereocenters. The van der Waals surface area contributed by atoms with Gasteiger partial charge in [-0.3, -0.25) is 9.10 Å². The lowest BCUT2D eigenvalue weighted by molar-refractivity contribution is -0.142. The Balaban J connectivity index is 1.83. The first-order chi connectivity index (χ1) is 18.1. The Morgan fingerprint density at radius 1 is 0.949 bits per heavy atom. The highest BCUT2D eigenvalue weighted by Gasteiger charge is 2.38. The third-order valence-corrected chi connectivity index (χ3v) is 7.98. The molecule has 0 spiro atoms. The van der Waals surface area contributed by atoms with E-state index in [0.717, 1.165) is 34.6 Å². The molecule has 0 saturated heterocycles. The number of hydrogen-bond donors (Lipinski definition) is 1. The number of fused-ring (bicyclic) bond motifs is 1. The summed E-state index contributed by atoms with van der Waals surface area (Å²) in [6.45, 7) is 0.957. The molecule has 1 heterocycles. The van der Waals surface area contributed by atoms with Gasteiger partial charge in [-0.2, -0.15) is 26.3 Å². The minimum absolute atomic E-state index is 0.0184. The molecule has 4 rings (SSSR count). The van der Waals surface area contributed by atoms with Crippen molar-refractivity contribution in [2.24, 2.45) is 5.92 Å². The zero-order chi connectivity index (χ0) is 28.8. The molecule has 6 nitrogen and oxygen atoms in total. The van der Waals surface area contributed by atoms with Crippen LogP contribution in [0, 0.1) is 5.92 Å². The number of hydrogen-bond acceptors (Lipinski definition) is 4. The predicted octanol–water partition coefficient (Wildman–Crippen LogP) is 6.46. The number of benzene rings is 3. The van der Waals surface area contributed by atoms with Gasteiger partial charge in [-0.1, -0.05) is 31.2 Å². The second-order valence-corrected chi connectivity index (χ2v) is 10.9. The minimum atomic E-state index is -4.81. The van der Waals surface area contributed by atoms with Crippen LogP contribution in [0.3, 0.4) is 0 Å². The molecule has 13 heteroatoms. The molecule has 0 amide bonds. The average molecular weight is 574 g/mol. The Bertz CT molecular complexity index is 1500. The zero-order valence-electron chi connectivity index (χ0n) is 20.1. The van der Waals surface area contributed by atoms with E-state index >= 15 is 0 Å². The number of sulfonamides is 1. The summed E-state index contributed by atoms with van der Waals surface area (Å²) in [5.74, 6) is -2.11. The van der Waals surface area contributed by atoms with Crippen LogP contribution in [0.1, 0.15) is 24.5 Å². The molecule has 1 aliphatic rings. The number of nitrogens with zero attached hydrogens (tertiary/aromatic N) is 1. The van der Waals surface area contributed by atoms with Gasteiger partial charge in [-0.05, 0) is 60.0 Å². The van der Waals surface area contributed by atoms with Gasteiger partial charge in [0.25, 0.3) is 10.0 Å². The number of aliphatic carboxylic acids is 1. The van der Waals surface area contributed by atoms with Crippen molar-refractivity contribution < 1.29 is 49.4 Å². The first-order valence-electron chi connectivity index (χ1n) is 11.5. The van der Waals surface area contributed by atoms with Gasteiger partial charge in [-0.25, -0.2) is 8.42 Å². The summed E-state index contributed by atoms with van der Waals surface area (Å²) in [4.78, 5) is 10.7.